The first-order chi connectivity index (χ1) is 17.5. The van der Waals surface area contributed by atoms with E-state index in [9.17, 15) is 9.90 Å². The van der Waals surface area contributed by atoms with Crippen molar-refractivity contribution in [3.8, 4) is 22.5 Å². The molecule has 192 valence electrons. The molecule has 3 aromatic rings. The summed E-state index contributed by atoms with van der Waals surface area (Å²) in [5, 5.41) is 9.72. The zero-order valence-electron chi connectivity index (χ0n) is 22.3. The van der Waals surface area contributed by atoms with E-state index in [1.165, 1.54) is 62.5 Å². The van der Waals surface area contributed by atoms with E-state index in [0.717, 1.165) is 36.0 Å². The smallest absolute Gasteiger partial charge is 0.336 e. The minimum atomic E-state index is -0.903. The maximum Gasteiger partial charge on any atom is 0.336 e. The molecule has 1 atom stereocenters. The van der Waals surface area contributed by atoms with Crippen LogP contribution in [0.5, 0.6) is 0 Å². The average molecular weight is 487 g/mol. The zero-order valence-corrected chi connectivity index (χ0v) is 22.3. The number of carboxylic acids is 1. The Balaban J connectivity index is 1.61. The first-order valence-electron chi connectivity index (χ1n) is 13.8. The average Bonchev–Trinajstić information content (AvgIpc) is 2.90. The van der Waals surface area contributed by atoms with Gasteiger partial charge in [-0.05, 0) is 53.5 Å². The lowest BCUT2D eigenvalue weighted by molar-refractivity contribution is 0.0697. The molecule has 0 aliphatic rings. The van der Waals surface area contributed by atoms with Crippen molar-refractivity contribution in [3.05, 3.63) is 71.5 Å². The van der Waals surface area contributed by atoms with E-state index in [-0.39, 0.29) is 0 Å². The highest BCUT2D eigenvalue weighted by atomic mass is 16.4. The zero-order chi connectivity index (χ0) is 25.8. The molecule has 1 heterocycles. The fourth-order valence-electron chi connectivity index (χ4n) is 4.59. The van der Waals surface area contributed by atoms with Crippen LogP contribution in [0.25, 0.3) is 22.5 Å². The quantitative estimate of drug-likeness (QED) is 0.218. The second-order valence-corrected chi connectivity index (χ2v) is 10.1. The summed E-state index contributed by atoms with van der Waals surface area (Å²) in [6.45, 7) is 6.66. The molecule has 36 heavy (non-hydrogen) atoms. The summed E-state index contributed by atoms with van der Waals surface area (Å²) >= 11 is 0. The second-order valence-electron chi connectivity index (χ2n) is 10.1. The highest BCUT2D eigenvalue weighted by molar-refractivity contribution is 5.96. The summed E-state index contributed by atoms with van der Waals surface area (Å²) in [6, 6.07) is 13.6. The SMILES string of the molecule is CCCCCCCCCCc1cnc(-c2ccc(-c3cc(C[C@@H](C)CC)ccc3C(=O)O)cc2)nc1. The molecule has 4 heteroatoms. The minimum Gasteiger partial charge on any atom is -0.478 e. The van der Waals surface area contributed by atoms with Gasteiger partial charge in [0.1, 0.15) is 0 Å². The Kier molecular flexibility index (Phi) is 11.1. The summed E-state index contributed by atoms with van der Waals surface area (Å²) in [5.41, 5.74) is 5.28. The third-order valence-electron chi connectivity index (χ3n) is 7.07. The largest absolute Gasteiger partial charge is 0.478 e. The normalized spacial score (nSPS) is 12.0. The van der Waals surface area contributed by atoms with Crippen molar-refractivity contribution in [1.29, 1.82) is 0 Å². The fourth-order valence-corrected chi connectivity index (χ4v) is 4.59. The fraction of sp³-hybridized carbons (Fsp3) is 0.469. The molecular weight excluding hydrogens is 444 g/mol. The number of benzene rings is 2. The Hall–Kier alpha value is -3.01. The topological polar surface area (TPSA) is 63.1 Å². The highest BCUT2D eigenvalue weighted by Crippen LogP contribution is 2.28. The summed E-state index contributed by atoms with van der Waals surface area (Å²) in [5.74, 6) is 0.358. The van der Waals surface area contributed by atoms with Crippen molar-refractivity contribution in [2.75, 3.05) is 0 Å². The number of hydrogen-bond donors (Lipinski definition) is 1. The van der Waals surface area contributed by atoms with Crippen LogP contribution in [-0.4, -0.2) is 21.0 Å². The molecule has 4 nitrogen and oxygen atoms in total. The number of nitrogens with zero attached hydrogens (tertiary/aromatic N) is 2. The van der Waals surface area contributed by atoms with E-state index in [0.29, 0.717) is 17.3 Å². The summed E-state index contributed by atoms with van der Waals surface area (Å²) < 4.78 is 0. The molecule has 0 saturated carbocycles. The number of carbonyl (C=O) groups is 1. The first kappa shape index (κ1) is 27.6. The van der Waals surface area contributed by atoms with Crippen LogP contribution < -0.4 is 0 Å². The standard InChI is InChI=1S/C32H42N2O2/c1-4-6-7-8-9-10-11-12-13-26-22-33-31(34-23-26)28-17-15-27(16-18-28)30-21-25(20-24(3)5-2)14-19-29(30)32(35)36/h14-19,21-24H,4-13,20H2,1-3H3,(H,35,36)/t24-/m0/s1. The Labute approximate surface area is 217 Å². The molecule has 0 radical (unpaired) electrons. The van der Waals surface area contributed by atoms with E-state index in [1.54, 1.807) is 6.07 Å². The Morgan fingerprint density at radius 1 is 0.806 bits per heavy atom. The van der Waals surface area contributed by atoms with Crippen molar-refractivity contribution in [3.63, 3.8) is 0 Å². The van der Waals surface area contributed by atoms with Gasteiger partial charge in [0, 0.05) is 18.0 Å². The number of hydrogen-bond acceptors (Lipinski definition) is 3. The predicted octanol–water partition coefficient (Wildman–Crippen LogP) is 8.78. The third kappa shape index (κ3) is 8.29. The number of aromatic carboxylic acids is 1. The third-order valence-corrected chi connectivity index (χ3v) is 7.07. The van der Waals surface area contributed by atoms with Crippen molar-refractivity contribution >= 4 is 5.97 Å². The number of unbranched alkanes of at least 4 members (excludes halogenated alkanes) is 7. The highest BCUT2D eigenvalue weighted by Gasteiger charge is 2.14. The first-order valence-corrected chi connectivity index (χ1v) is 13.8. The van der Waals surface area contributed by atoms with Gasteiger partial charge in [-0.25, -0.2) is 14.8 Å². The van der Waals surface area contributed by atoms with Crippen LogP contribution in [0, 0.1) is 5.92 Å². The monoisotopic (exact) mass is 486 g/mol. The molecular formula is C32H42N2O2. The second kappa shape index (κ2) is 14.5. The maximum absolute atomic E-state index is 11.8. The molecule has 0 bridgehead atoms. The molecule has 3 rings (SSSR count). The molecule has 0 amide bonds. The van der Waals surface area contributed by atoms with E-state index in [2.05, 4.69) is 30.7 Å². The number of carboxylic acid groups (broad SMARTS) is 1. The predicted molar refractivity (Wildman–Crippen MR) is 149 cm³/mol. The van der Waals surface area contributed by atoms with Crippen molar-refractivity contribution < 1.29 is 9.90 Å². The summed E-state index contributed by atoms with van der Waals surface area (Å²) in [4.78, 5) is 21.0. The lowest BCUT2D eigenvalue weighted by atomic mass is 9.92. The van der Waals surface area contributed by atoms with Gasteiger partial charge in [0.15, 0.2) is 5.82 Å². The number of rotatable bonds is 15. The molecule has 0 fully saturated rings. The van der Waals surface area contributed by atoms with Crippen LogP contribution in [0.1, 0.15) is 100 Å². The van der Waals surface area contributed by atoms with Crippen LogP contribution in [-0.2, 0) is 12.8 Å². The van der Waals surface area contributed by atoms with Crippen LogP contribution >= 0.6 is 0 Å². The van der Waals surface area contributed by atoms with E-state index >= 15 is 0 Å². The maximum atomic E-state index is 11.8. The van der Waals surface area contributed by atoms with Gasteiger partial charge < -0.3 is 5.11 Å². The lowest BCUT2D eigenvalue weighted by Gasteiger charge is -2.13. The van der Waals surface area contributed by atoms with Crippen molar-refractivity contribution in [1.82, 2.24) is 9.97 Å². The van der Waals surface area contributed by atoms with Crippen LogP contribution in [0.4, 0.5) is 0 Å². The molecule has 0 spiro atoms. The van der Waals surface area contributed by atoms with Gasteiger partial charge in [-0.3, -0.25) is 0 Å². The number of aryl methyl sites for hydroxylation is 1. The van der Waals surface area contributed by atoms with Crippen LogP contribution in [0.3, 0.4) is 0 Å². The molecule has 0 unspecified atom stereocenters. The van der Waals surface area contributed by atoms with E-state index in [1.807, 2.05) is 48.8 Å². The molecule has 0 aliphatic heterocycles. The van der Waals surface area contributed by atoms with Crippen molar-refractivity contribution in [2.45, 2.75) is 91.4 Å². The molecule has 1 aromatic heterocycles. The van der Waals surface area contributed by atoms with Gasteiger partial charge in [-0.1, -0.05) is 109 Å². The van der Waals surface area contributed by atoms with Gasteiger partial charge >= 0.3 is 5.97 Å². The van der Waals surface area contributed by atoms with E-state index < -0.39 is 5.97 Å². The van der Waals surface area contributed by atoms with Gasteiger partial charge in [-0.2, -0.15) is 0 Å². The van der Waals surface area contributed by atoms with Gasteiger partial charge in [-0.15, -0.1) is 0 Å². The van der Waals surface area contributed by atoms with E-state index in [4.69, 9.17) is 0 Å². The van der Waals surface area contributed by atoms with Gasteiger partial charge in [0.25, 0.3) is 0 Å². The molecule has 2 aromatic carbocycles. The van der Waals surface area contributed by atoms with Gasteiger partial charge in [0.2, 0.25) is 0 Å². The minimum absolute atomic E-state index is 0.331. The Bertz CT molecular complexity index is 1070. The summed E-state index contributed by atoms with van der Waals surface area (Å²) in [6.07, 6.45) is 17.5. The Morgan fingerprint density at radius 2 is 1.42 bits per heavy atom. The Morgan fingerprint density at radius 3 is 2.03 bits per heavy atom. The van der Waals surface area contributed by atoms with Gasteiger partial charge in [0.05, 0.1) is 5.56 Å². The number of aromatic nitrogens is 2. The molecule has 0 saturated heterocycles. The lowest BCUT2D eigenvalue weighted by Crippen LogP contribution is -2.03. The molecule has 1 N–H and O–H groups in total. The summed E-state index contributed by atoms with van der Waals surface area (Å²) in [7, 11) is 0. The van der Waals surface area contributed by atoms with Crippen molar-refractivity contribution in [2.24, 2.45) is 5.92 Å². The molecule has 0 aliphatic carbocycles. The van der Waals surface area contributed by atoms with Crippen LogP contribution in [0.2, 0.25) is 0 Å². The van der Waals surface area contributed by atoms with Crippen LogP contribution in [0.15, 0.2) is 54.9 Å².